The molecular formula is C27H31N5O2. The first-order valence-electron chi connectivity index (χ1n) is 11.9. The number of benzene rings is 2. The van der Waals surface area contributed by atoms with Crippen LogP contribution in [0.3, 0.4) is 0 Å². The van der Waals surface area contributed by atoms with E-state index in [0.717, 1.165) is 60.9 Å². The molecule has 5 rings (SSSR count). The van der Waals surface area contributed by atoms with Gasteiger partial charge in [-0.2, -0.15) is 0 Å². The lowest BCUT2D eigenvalue weighted by Crippen LogP contribution is -2.44. The van der Waals surface area contributed by atoms with Gasteiger partial charge in [-0.1, -0.05) is 24.3 Å². The van der Waals surface area contributed by atoms with Gasteiger partial charge in [-0.3, -0.25) is 0 Å². The minimum atomic E-state index is 0.545. The number of aromatic nitrogens is 2. The number of rotatable bonds is 1. The molecule has 2 aliphatic heterocycles. The van der Waals surface area contributed by atoms with Crippen molar-refractivity contribution in [3.05, 3.63) is 72.4 Å². The summed E-state index contributed by atoms with van der Waals surface area (Å²) < 4.78 is 12.0. The molecule has 1 fully saturated rings. The number of nitrogens with zero attached hydrogens (tertiary/aromatic N) is 4. The predicted molar refractivity (Wildman–Crippen MR) is 136 cm³/mol. The number of fused-ring (bicyclic) bond motifs is 7. The van der Waals surface area contributed by atoms with Gasteiger partial charge < -0.3 is 24.6 Å². The van der Waals surface area contributed by atoms with Crippen LogP contribution in [0.15, 0.2) is 66.9 Å². The average Bonchev–Trinajstić information content (AvgIpc) is 2.86. The van der Waals surface area contributed by atoms with Crippen LogP contribution in [0.25, 0.3) is 11.3 Å². The van der Waals surface area contributed by atoms with E-state index in [1.54, 1.807) is 6.20 Å². The van der Waals surface area contributed by atoms with Gasteiger partial charge in [-0.05, 0) is 49.9 Å². The summed E-state index contributed by atoms with van der Waals surface area (Å²) in [6.07, 6.45) is 6.80. The number of ether oxygens (including phenoxy) is 2. The maximum Gasteiger partial charge on any atom is 0.227 e. The number of hydrogen-bond acceptors (Lipinski definition) is 7. The third-order valence-corrected chi connectivity index (χ3v) is 6.16. The van der Waals surface area contributed by atoms with Crippen LogP contribution in [0, 0.1) is 0 Å². The van der Waals surface area contributed by atoms with Crippen molar-refractivity contribution in [2.45, 2.75) is 13.0 Å². The molecule has 0 atom stereocenters. The third kappa shape index (κ3) is 5.55. The van der Waals surface area contributed by atoms with E-state index < -0.39 is 0 Å². The first-order chi connectivity index (χ1) is 16.7. The average molecular weight is 458 g/mol. The molecule has 2 aromatic carbocycles. The molecule has 0 radical (unpaired) electrons. The predicted octanol–water partition coefficient (Wildman–Crippen LogP) is 4.49. The van der Waals surface area contributed by atoms with Crippen LogP contribution in [-0.4, -0.2) is 61.3 Å². The van der Waals surface area contributed by atoms with E-state index in [0.29, 0.717) is 25.8 Å². The molecule has 0 spiro atoms. The van der Waals surface area contributed by atoms with Crippen LogP contribution in [0.2, 0.25) is 0 Å². The van der Waals surface area contributed by atoms with E-state index >= 15 is 0 Å². The Hall–Kier alpha value is -3.42. The lowest BCUT2D eigenvalue weighted by molar-refractivity contribution is 0.148. The normalized spacial score (nSPS) is 18.2. The van der Waals surface area contributed by atoms with Crippen molar-refractivity contribution in [1.29, 1.82) is 0 Å². The monoisotopic (exact) mass is 457 g/mol. The molecule has 1 saturated heterocycles. The van der Waals surface area contributed by atoms with E-state index in [1.807, 2.05) is 30.3 Å². The number of likely N-dealkylation sites (N-methyl/N-ethyl adjacent to an activating group) is 1. The third-order valence-electron chi connectivity index (χ3n) is 6.16. The van der Waals surface area contributed by atoms with E-state index in [4.69, 9.17) is 14.5 Å². The summed E-state index contributed by atoms with van der Waals surface area (Å²) >= 11 is 0. The van der Waals surface area contributed by atoms with Crippen molar-refractivity contribution in [3.8, 4) is 17.0 Å². The first kappa shape index (κ1) is 22.4. The van der Waals surface area contributed by atoms with Crippen LogP contribution in [0.1, 0.15) is 12.0 Å². The minimum Gasteiger partial charge on any atom is -0.493 e. The molecule has 34 heavy (non-hydrogen) atoms. The summed E-state index contributed by atoms with van der Waals surface area (Å²) in [5.74, 6) is 1.40. The number of anilines is 3. The SMILES string of the molecule is CN1CCN(c2ccc3cc2COC/C=C\CCOc2cccc(c2)-c2ccnc(n2)N3)CC1. The van der Waals surface area contributed by atoms with E-state index in [-0.39, 0.29) is 0 Å². The van der Waals surface area contributed by atoms with Crippen molar-refractivity contribution >= 4 is 17.3 Å². The highest BCUT2D eigenvalue weighted by molar-refractivity contribution is 5.66. The second-order valence-electron chi connectivity index (χ2n) is 8.68. The van der Waals surface area contributed by atoms with Crippen LogP contribution in [0.4, 0.5) is 17.3 Å². The molecule has 2 aliphatic rings. The van der Waals surface area contributed by atoms with Gasteiger partial charge in [-0.15, -0.1) is 0 Å². The molecule has 6 bridgehead atoms. The maximum absolute atomic E-state index is 6.03. The zero-order valence-corrected chi connectivity index (χ0v) is 19.6. The second kappa shape index (κ2) is 10.7. The Morgan fingerprint density at radius 1 is 0.971 bits per heavy atom. The smallest absolute Gasteiger partial charge is 0.227 e. The highest BCUT2D eigenvalue weighted by Crippen LogP contribution is 2.28. The topological polar surface area (TPSA) is 62.8 Å². The van der Waals surface area contributed by atoms with E-state index in [9.17, 15) is 0 Å². The van der Waals surface area contributed by atoms with Gasteiger partial charge >= 0.3 is 0 Å². The zero-order chi connectivity index (χ0) is 23.2. The number of hydrogen-bond donors (Lipinski definition) is 1. The van der Waals surface area contributed by atoms with Crippen LogP contribution >= 0.6 is 0 Å². The summed E-state index contributed by atoms with van der Waals surface area (Å²) in [7, 11) is 2.18. The summed E-state index contributed by atoms with van der Waals surface area (Å²) in [6.45, 7) is 5.89. The summed E-state index contributed by atoms with van der Waals surface area (Å²) in [5.41, 5.74) is 5.19. The Bertz CT molecular complexity index is 1140. The molecule has 0 amide bonds. The minimum absolute atomic E-state index is 0.545. The number of nitrogens with one attached hydrogen (secondary N) is 1. The van der Waals surface area contributed by atoms with E-state index in [2.05, 4.69) is 57.5 Å². The second-order valence-corrected chi connectivity index (χ2v) is 8.68. The van der Waals surface area contributed by atoms with Gasteiger partial charge in [-0.25, -0.2) is 9.97 Å². The Balaban J connectivity index is 1.45. The van der Waals surface area contributed by atoms with Crippen molar-refractivity contribution in [3.63, 3.8) is 0 Å². The Morgan fingerprint density at radius 3 is 2.79 bits per heavy atom. The lowest BCUT2D eigenvalue weighted by atomic mass is 10.1. The molecule has 7 nitrogen and oxygen atoms in total. The molecular weight excluding hydrogens is 426 g/mol. The van der Waals surface area contributed by atoms with Gasteiger partial charge in [0.15, 0.2) is 0 Å². The fourth-order valence-electron chi connectivity index (χ4n) is 4.26. The number of piperazine rings is 1. The molecule has 0 saturated carbocycles. The lowest BCUT2D eigenvalue weighted by Gasteiger charge is -2.35. The summed E-state index contributed by atoms with van der Waals surface area (Å²) in [5, 5.41) is 3.38. The zero-order valence-electron chi connectivity index (χ0n) is 19.6. The maximum atomic E-state index is 6.03. The van der Waals surface area contributed by atoms with Gasteiger partial charge in [0.05, 0.1) is 25.5 Å². The Morgan fingerprint density at radius 2 is 1.88 bits per heavy atom. The molecule has 0 unspecified atom stereocenters. The summed E-state index contributed by atoms with van der Waals surface area (Å²) in [4.78, 5) is 14.0. The van der Waals surface area contributed by atoms with Crippen LogP contribution in [0.5, 0.6) is 5.75 Å². The summed E-state index contributed by atoms with van der Waals surface area (Å²) in [6, 6.07) is 16.4. The molecule has 3 aromatic rings. The quantitative estimate of drug-likeness (QED) is 0.540. The Kier molecular flexibility index (Phi) is 7.02. The van der Waals surface area contributed by atoms with Crippen molar-refractivity contribution in [1.82, 2.24) is 14.9 Å². The van der Waals surface area contributed by atoms with Crippen molar-refractivity contribution < 1.29 is 9.47 Å². The van der Waals surface area contributed by atoms with Crippen molar-refractivity contribution in [2.24, 2.45) is 0 Å². The van der Waals surface area contributed by atoms with Crippen LogP contribution in [-0.2, 0) is 11.3 Å². The van der Waals surface area contributed by atoms with Gasteiger partial charge in [0.25, 0.3) is 0 Å². The van der Waals surface area contributed by atoms with Crippen molar-refractivity contribution in [2.75, 3.05) is 56.7 Å². The van der Waals surface area contributed by atoms with Gasteiger partial charge in [0.2, 0.25) is 5.95 Å². The van der Waals surface area contributed by atoms with Gasteiger partial charge in [0.1, 0.15) is 5.75 Å². The molecule has 0 aliphatic carbocycles. The molecule has 3 heterocycles. The van der Waals surface area contributed by atoms with Gasteiger partial charge in [0, 0.05) is 54.9 Å². The molecule has 176 valence electrons. The fraction of sp³-hybridized carbons (Fsp3) is 0.333. The highest BCUT2D eigenvalue weighted by Gasteiger charge is 2.18. The standard InChI is InChI=1S/C27H31N5O2/c1-31-12-14-32(15-13-31)26-9-8-23-18-22(26)20-33-16-3-2-4-17-34-24-7-5-6-21(19-24)25-10-11-28-27(29-23)30-25/h2-3,5-11,18-19H,4,12-17,20H2,1H3,(H,28,29,30)/b3-2-. The largest absolute Gasteiger partial charge is 0.493 e. The van der Waals surface area contributed by atoms with E-state index in [1.165, 1.54) is 5.69 Å². The van der Waals surface area contributed by atoms with Crippen LogP contribution < -0.4 is 15.0 Å². The first-order valence-corrected chi connectivity index (χ1v) is 11.9. The Labute approximate surface area is 201 Å². The fourth-order valence-corrected chi connectivity index (χ4v) is 4.26. The molecule has 1 aromatic heterocycles. The molecule has 7 heteroatoms. The highest BCUT2D eigenvalue weighted by atomic mass is 16.5. The molecule has 1 N–H and O–H groups in total.